The summed E-state index contributed by atoms with van der Waals surface area (Å²) in [6, 6.07) is 0.509. The Morgan fingerprint density at radius 3 is 2.07 bits per heavy atom. The fraction of sp³-hybridized carbons (Fsp3) is 1.00. The van der Waals surface area contributed by atoms with Crippen molar-refractivity contribution in [2.45, 2.75) is 59.6 Å². The molecule has 0 fully saturated rings. The van der Waals surface area contributed by atoms with E-state index in [0.29, 0.717) is 18.1 Å². The third kappa shape index (κ3) is 4.43. The molecule has 3 unspecified atom stereocenters. The minimum atomic E-state index is 0.370. The van der Waals surface area contributed by atoms with Gasteiger partial charge in [-0.25, -0.2) is 0 Å². The first-order chi connectivity index (χ1) is 6.71. The molecule has 14 heavy (non-hydrogen) atoms. The Morgan fingerprint density at radius 2 is 1.71 bits per heavy atom. The van der Waals surface area contributed by atoms with Crippen molar-refractivity contribution in [1.29, 1.82) is 0 Å². The second-order valence-corrected chi connectivity index (χ2v) is 3.87. The third-order valence-electron chi connectivity index (χ3n) is 2.88. The van der Waals surface area contributed by atoms with Gasteiger partial charge in [0.1, 0.15) is 0 Å². The summed E-state index contributed by atoms with van der Waals surface area (Å²) in [6.45, 7) is 12.8. The monoisotopic (exact) mass is 201 g/mol. The summed E-state index contributed by atoms with van der Waals surface area (Å²) in [5, 5.41) is 3.54. The normalized spacial score (nSPS) is 17.8. The van der Waals surface area contributed by atoms with E-state index in [0.717, 1.165) is 19.6 Å². The standard InChI is InChI=1S/C12H27NO/c1-6-10(5)12(13-8-3)11(7-2)14-9-4/h10-13H,6-9H2,1-5H3. The van der Waals surface area contributed by atoms with Crippen molar-refractivity contribution in [3.8, 4) is 0 Å². The van der Waals surface area contributed by atoms with E-state index in [1.54, 1.807) is 0 Å². The molecule has 0 aliphatic carbocycles. The molecule has 1 N–H and O–H groups in total. The first kappa shape index (κ1) is 13.9. The quantitative estimate of drug-likeness (QED) is 0.652. The van der Waals surface area contributed by atoms with Gasteiger partial charge in [0.15, 0.2) is 0 Å². The molecule has 0 rings (SSSR count). The molecule has 0 amide bonds. The second-order valence-electron chi connectivity index (χ2n) is 3.87. The Labute approximate surface area is 89.4 Å². The topological polar surface area (TPSA) is 21.3 Å². The van der Waals surface area contributed by atoms with Gasteiger partial charge in [-0.2, -0.15) is 0 Å². The van der Waals surface area contributed by atoms with Gasteiger partial charge in [0.2, 0.25) is 0 Å². The zero-order valence-electron chi connectivity index (χ0n) is 10.5. The maximum atomic E-state index is 5.77. The lowest BCUT2D eigenvalue weighted by atomic mass is 9.93. The summed E-state index contributed by atoms with van der Waals surface area (Å²) in [7, 11) is 0. The predicted molar refractivity (Wildman–Crippen MR) is 62.6 cm³/mol. The van der Waals surface area contributed by atoms with Gasteiger partial charge < -0.3 is 10.1 Å². The first-order valence-corrected chi connectivity index (χ1v) is 6.06. The molecule has 0 saturated heterocycles. The molecule has 0 aliphatic heterocycles. The molecule has 0 radical (unpaired) electrons. The number of likely N-dealkylation sites (N-methyl/N-ethyl adjacent to an activating group) is 1. The highest BCUT2D eigenvalue weighted by atomic mass is 16.5. The molecule has 0 aromatic heterocycles. The van der Waals surface area contributed by atoms with Crippen LogP contribution in [0.25, 0.3) is 0 Å². The molecule has 2 nitrogen and oxygen atoms in total. The molecular weight excluding hydrogens is 174 g/mol. The first-order valence-electron chi connectivity index (χ1n) is 6.06. The van der Waals surface area contributed by atoms with E-state index in [9.17, 15) is 0 Å². The number of rotatable bonds is 8. The Hall–Kier alpha value is -0.0800. The minimum Gasteiger partial charge on any atom is -0.377 e. The van der Waals surface area contributed by atoms with Crippen molar-refractivity contribution < 1.29 is 4.74 Å². The van der Waals surface area contributed by atoms with Crippen molar-refractivity contribution in [2.24, 2.45) is 5.92 Å². The zero-order valence-corrected chi connectivity index (χ0v) is 10.5. The van der Waals surface area contributed by atoms with Gasteiger partial charge in [0, 0.05) is 12.6 Å². The van der Waals surface area contributed by atoms with Gasteiger partial charge in [-0.05, 0) is 25.8 Å². The van der Waals surface area contributed by atoms with Crippen LogP contribution in [0.1, 0.15) is 47.5 Å². The molecule has 86 valence electrons. The minimum absolute atomic E-state index is 0.370. The van der Waals surface area contributed by atoms with E-state index in [4.69, 9.17) is 4.74 Å². The summed E-state index contributed by atoms with van der Waals surface area (Å²) in [5.74, 6) is 0.687. The van der Waals surface area contributed by atoms with E-state index in [1.165, 1.54) is 6.42 Å². The molecule has 0 heterocycles. The van der Waals surface area contributed by atoms with Crippen LogP contribution in [0.5, 0.6) is 0 Å². The van der Waals surface area contributed by atoms with Crippen LogP contribution in [0.2, 0.25) is 0 Å². The highest BCUT2D eigenvalue weighted by Gasteiger charge is 2.23. The summed E-state index contributed by atoms with van der Waals surface area (Å²) in [5.41, 5.74) is 0. The van der Waals surface area contributed by atoms with Crippen molar-refractivity contribution in [2.75, 3.05) is 13.2 Å². The van der Waals surface area contributed by atoms with Crippen LogP contribution in [0.4, 0.5) is 0 Å². The van der Waals surface area contributed by atoms with Crippen LogP contribution < -0.4 is 5.32 Å². The van der Waals surface area contributed by atoms with Crippen molar-refractivity contribution in [1.82, 2.24) is 5.32 Å². The second kappa shape index (κ2) is 8.25. The number of nitrogens with one attached hydrogen (secondary N) is 1. The number of hydrogen-bond donors (Lipinski definition) is 1. The number of ether oxygens (including phenoxy) is 1. The van der Waals surface area contributed by atoms with Gasteiger partial charge in [0.25, 0.3) is 0 Å². The Bertz CT molecular complexity index is 127. The molecule has 0 bridgehead atoms. The number of hydrogen-bond acceptors (Lipinski definition) is 2. The maximum absolute atomic E-state index is 5.77. The lowest BCUT2D eigenvalue weighted by molar-refractivity contribution is 0.0172. The van der Waals surface area contributed by atoms with Gasteiger partial charge in [-0.3, -0.25) is 0 Å². The Morgan fingerprint density at radius 1 is 1.07 bits per heavy atom. The average molecular weight is 201 g/mol. The van der Waals surface area contributed by atoms with E-state index in [2.05, 4.69) is 39.9 Å². The summed E-state index contributed by atoms with van der Waals surface area (Å²) < 4.78 is 5.77. The van der Waals surface area contributed by atoms with Gasteiger partial charge in [-0.1, -0.05) is 34.1 Å². The van der Waals surface area contributed by atoms with E-state index >= 15 is 0 Å². The van der Waals surface area contributed by atoms with E-state index < -0.39 is 0 Å². The Balaban J connectivity index is 4.25. The van der Waals surface area contributed by atoms with E-state index in [1.807, 2.05) is 0 Å². The largest absolute Gasteiger partial charge is 0.377 e. The molecule has 2 heteroatoms. The summed E-state index contributed by atoms with van der Waals surface area (Å²) in [6.07, 6.45) is 2.67. The van der Waals surface area contributed by atoms with Crippen molar-refractivity contribution >= 4 is 0 Å². The Kier molecular flexibility index (Phi) is 8.20. The highest BCUT2D eigenvalue weighted by Crippen LogP contribution is 2.16. The van der Waals surface area contributed by atoms with Gasteiger partial charge >= 0.3 is 0 Å². The SMILES string of the molecule is CCNC(C(C)CC)C(CC)OCC. The van der Waals surface area contributed by atoms with Crippen LogP contribution in [0.15, 0.2) is 0 Å². The molecule has 0 aromatic rings. The van der Waals surface area contributed by atoms with Crippen LogP contribution in [0, 0.1) is 5.92 Å². The fourth-order valence-electron chi connectivity index (χ4n) is 1.88. The molecule has 0 aliphatic rings. The van der Waals surface area contributed by atoms with Crippen LogP contribution >= 0.6 is 0 Å². The zero-order chi connectivity index (χ0) is 11.0. The average Bonchev–Trinajstić information content (AvgIpc) is 2.22. The maximum Gasteiger partial charge on any atom is 0.0727 e. The molecule has 3 atom stereocenters. The van der Waals surface area contributed by atoms with Crippen LogP contribution in [0.3, 0.4) is 0 Å². The van der Waals surface area contributed by atoms with E-state index in [-0.39, 0.29) is 0 Å². The van der Waals surface area contributed by atoms with Crippen molar-refractivity contribution in [3.05, 3.63) is 0 Å². The molecule has 0 aromatic carbocycles. The molecule has 0 saturated carbocycles. The lowest BCUT2D eigenvalue weighted by Gasteiger charge is -2.31. The molecule has 0 spiro atoms. The van der Waals surface area contributed by atoms with Gasteiger partial charge in [-0.15, -0.1) is 0 Å². The van der Waals surface area contributed by atoms with Crippen LogP contribution in [-0.2, 0) is 4.74 Å². The highest BCUT2D eigenvalue weighted by molar-refractivity contribution is 4.80. The summed E-state index contributed by atoms with van der Waals surface area (Å²) in [4.78, 5) is 0. The predicted octanol–water partition coefficient (Wildman–Crippen LogP) is 2.83. The smallest absolute Gasteiger partial charge is 0.0727 e. The summed E-state index contributed by atoms with van der Waals surface area (Å²) >= 11 is 0. The van der Waals surface area contributed by atoms with Crippen LogP contribution in [-0.4, -0.2) is 25.3 Å². The lowest BCUT2D eigenvalue weighted by Crippen LogP contribution is -2.45. The third-order valence-corrected chi connectivity index (χ3v) is 2.88. The van der Waals surface area contributed by atoms with Gasteiger partial charge in [0.05, 0.1) is 6.10 Å². The van der Waals surface area contributed by atoms with Crippen molar-refractivity contribution in [3.63, 3.8) is 0 Å². The molecular formula is C12H27NO. The fourth-order valence-corrected chi connectivity index (χ4v) is 1.88.